The maximum atomic E-state index is 13.2. The van der Waals surface area contributed by atoms with Crippen molar-refractivity contribution in [1.82, 2.24) is 19.5 Å². The number of fused-ring (bicyclic) bond motifs is 1. The summed E-state index contributed by atoms with van der Waals surface area (Å²) in [7, 11) is 0. The quantitative estimate of drug-likeness (QED) is 0.525. The number of benzene rings is 1. The molecule has 1 saturated carbocycles. The van der Waals surface area contributed by atoms with Crippen molar-refractivity contribution in [2.45, 2.75) is 43.3 Å². The Morgan fingerprint density at radius 3 is 2.67 bits per heavy atom. The number of nitrogens with one attached hydrogen (secondary N) is 1. The molecule has 0 bridgehead atoms. The number of nitrogens with zero attached hydrogens (tertiary/aromatic N) is 5. The van der Waals surface area contributed by atoms with Crippen LogP contribution in [0.15, 0.2) is 36.9 Å². The number of aliphatic hydroxyl groups is 2. The molecule has 3 heterocycles. The van der Waals surface area contributed by atoms with Crippen molar-refractivity contribution in [2.75, 3.05) is 23.3 Å². The first-order chi connectivity index (χ1) is 15.7. The Hall–Kier alpha value is -2.63. The Balaban J connectivity index is 1.36. The highest BCUT2D eigenvalue weighted by atomic mass is 35.5. The van der Waals surface area contributed by atoms with Crippen molar-refractivity contribution in [1.29, 1.82) is 0 Å². The fraction of sp³-hybridized carbons (Fsp3) is 0.476. The van der Waals surface area contributed by atoms with Crippen LogP contribution in [0.5, 0.6) is 0 Å². The molecule has 0 amide bonds. The second kappa shape index (κ2) is 8.30. The molecule has 5 atom stereocenters. The molecule has 33 heavy (non-hydrogen) atoms. The molecule has 5 rings (SSSR count). The van der Waals surface area contributed by atoms with Crippen LogP contribution < -0.4 is 10.2 Å². The first kappa shape index (κ1) is 22.2. The van der Waals surface area contributed by atoms with Crippen LogP contribution >= 0.6 is 11.6 Å². The molecule has 1 aliphatic carbocycles. The zero-order valence-electron chi connectivity index (χ0n) is 17.3. The number of hydrogen-bond acceptors (Lipinski definition) is 7. The summed E-state index contributed by atoms with van der Waals surface area (Å²) >= 11 is 6.10. The van der Waals surface area contributed by atoms with Crippen LogP contribution in [-0.4, -0.2) is 67.2 Å². The van der Waals surface area contributed by atoms with Crippen LogP contribution in [-0.2, 0) is 0 Å². The topological polar surface area (TPSA) is 99.3 Å². The van der Waals surface area contributed by atoms with Gasteiger partial charge >= 0.3 is 6.18 Å². The molecular formula is C21H22ClF3N6O2. The van der Waals surface area contributed by atoms with Crippen LogP contribution in [0.3, 0.4) is 0 Å². The van der Waals surface area contributed by atoms with E-state index in [9.17, 15) is 23.4 Å². The second-order valence-electron chi connectivity index (χ2n) is 8.53. The van der Waals surface area contributed by atoms with Gasteiger partial charge in [-0.1, -0.05) is 17.7 Å². The molecule has 0 spiro atoms. The second-order valence-corrected chi connectivity index (χ2v) is 8.97. The summed E-state index contributed by atoms with van der Waals surface area (Å²) in [6.07, 6.45) is -5.04. The van der Waals surface area contributed by atoms with Crippen molar-refractivity contribution in [2.24, 2.45) is 5.92 Å². The smallest absolute Gasteiger partial charge is 0.390 e. The lowest BCUT2D eigenvalue weighted by molar-refractivity contribution is -0.198. The van der Waals surface area contributed by atoms with Crippen LogP contribution in [0.4, 0.5) is 24.7 Å². The van der Waals surface area contributed by atoms with Gasteiger partial charge in [-0.3, -0.25) is 0 Å². The summed E-state index contributed by atoms with van der Waals surface area (Å²) < 4.78 is 41.1. The number of imidazole rings is 1. The summed E-state index contributed by atoms with van der Waals surface area (Å²) in [5, 5.41) is 24.3. The minimum absolute atomic E-state index is 0.0701. The molecule has 2 fully saturated rings. The van der Waals surface area contributed by atoms with Gasteiger partial charge in [-0.25, -0.2) is 15.0 Å². The molecule has 0 unspecified atom stereocenters. The number of aromatic nitrogens is 4. The molecule has 8 nitrogen and oxygen atoms in total. The standard InChI is InChI=1S/C21H22ClF3N6O2/c22-11-2-1-3-13(6-11)30-5-4-12(8-30)29-19-16-20(27-9-26-19)31(10-28-16)15-7-14(21(23,24)25)17(32)18(15)33/h1-3,6,9-10,12,14-15,17-18,32-33H,4-5,7-8H2,(H,26,27,29)/t12-,14+,15-,17+,18+/m0/s1. The monoisotopic (exact) mass is 482 g/mol. The highest BCUT2D eigenvalue weighted by Crippen LogP contribution is 2.45. The fourth-order valence-electron chi connectivity index (χ4n) is 4.79. The third-order valence-corrected chi connectivity index (χ3v) is 6.73. The largest absolute Gasteiger partial charge is 0.394 e. The fourth-order valence-corrected chi connectivity index (χ4v) is 4.97. The van der Waals surface area contributed by atoms with Gasteiger partial charge in [0, 0.05) is 29.8 Å². The van der Waals surface area contributed by atoms with Gasteiger partial charge in [0.1, 0.15) is 17.9 Å². The van der Waals surface area contributed by atoms with Gasteiger partial charge in [0.2, 0.25) is 0 Å². The summed E-state index contributed by atoms with van der Waals surface area (Å²) in [4.78, 5) is 15.0. The minimum atomic E-state index is -4.61. The molecule has 2 aromatic heterocycles. The Morgan fingerprint density at radius 1 is 1.12 bits per heavy atom. The summed E-state index contributed by atoms with van der Waals surface area (Å²) in [6, 6.07) is 6.70. The van der Waals surface area contributed by atoms with Crippen molar-refractivity contribution < 1.29 is 23.4 Å². The predicted molar refractivity (Wildman–Crippen MR) is 116 cm³/mol. The average molecular weight is 483 g/mol. The Labute approximate surface area is 192 Å². The Bertz CT molecular complexity index is 1160. The minimum Gasteiger partial charge on any atom is -0.390 e. The Kier molecular flexibility index (Phi) is 5.58. The maximum Gasteiger partial charge on any atom is 0.394 e. The molecule has 176 valence electrons. The van der Waals surface area contributed by atoms with Crippen LogP contribution in [0.2, 0.25) is 5.02 Å². The number of halogens is 4. The third-order valence-electron chi connectivity index (χ3n) is 6.49. The molecule has 2 aliphatic rings. The number of anilines is 2. The Morgan fingerprint density at radius 2 is 1.94 bits per heavy atom. The van der Waals surface area contributed by atoms with Gasteiger partial charge in [0.25, 0.3) is 0 Å². The molecule has 1 aromatic carbocycles. The van der Waals surface area contributed by atoms with E-state index in [0.29, 0.717) is 28.5 Å². The predicted octanol–water partition coefficient (Wildman–Crippen LogP) is 3.02. The van der Waals surface area contributed by atoms with E-state index in [2.05, 4.69) is 25.2 Å². The highest BCUT2D eigenvalue weighted by Gasteiger charge is 2.55. The lowest BCUT2D eigenvalue weighted by Gasteiger charge is -2.20. The van der Waals surface area contributed by atoms with Gasteiger partial charge in [-0.15, -0.1) is 0 Å². The van der Waals surface area contributed by atoms with Gasteiger partial charge < -0.3 is 25.0 Å². The first-order valence-corrected chi connectivity index (χ1v) is 11.0. The molecule has 0 radical (unpaired) electrons. The molecular weight excluding hydrogens is 461 g/mol. The summed E-state index contributed by atoms with van der Waals surface area (Å²) in [5.74, 6) is -1.54. The van der Waals surface area contributed by atoms with Crippen LogP contribution in [0.1, 0.15) is 18.9 Å². The van der Waals surface area contributed by atoms with Gasteiger partial charge in [0.15, 0.2) is 11.5 Å². The van der Waals surface area contributed by atoms with Crippen LogP contribution in [0.25, 0.3) is 11.2 Å². The number of alkyl halides is 3. The van der Waals surface area contributed by atoms with Crippen LogP contribution in [0, 0.1) is 5.92 Å². The summed E-state index contributed by atoms with van der Waals surface area (Å²) in [5.41, 5.74) is 1.73. The van der Waals surface area contributed by atoms with Crippen molar-refractivity contribution >= 4 is 34.3 Å². The lowest BCUT2D eigenvalue weighted by Crippen LogP contribution is -2.35. The number of aliphatic hydroxyl groups excluding tert-OH is 2. The number of hydrogen-bond donors (Lipinski definition) is 3. The molecule has 1 saturated heterocycles. The van der Waals surface area contributed by atoms with Gasteiger partial charge in [0.05, 0.1) is 24.4 Å². The van der Waals surface area contributed by atoms with E-state index >= 15 is 0 Å². The van der Waals surface area contributed by atoms with Gasteiger partial charge in [-0.2, -0.15) is 13.2 Å². The SMILES string of the molecule is O[C@H]1[C@H](O)[C@@H](n2cnc3c(N[C@H]4CCN(c5cccc(Cl)c5)C4)ncnc32)C[C@H]1C(F)(F)F. The maximum absolute atomic E-state index is 13.2. The third kappa shape index (κ3) is 4.09. The van der Waals surface area contributed by atoms with E-state index in [4.69, 9.17) is 11.6 Å². The van der Waals surface area contributed by atoms with E-state index < -0.39 is 36.8 Å². The first-order valence-electron chi connectivity index (χ1n) is 10.6. The van der Waals surface area contributed by atoms with Crippen molar-refractivity contribution in [3.63, 3.8) is 0 Å². The van der Waals surface area contributed by atoms with E-state index in [-0.39, 0.29) is 6.04 Å². The average Bonchev–Trinajstić information content (AvgIpc) is 3.47. The number of rotatable bonds is 4. The zero-order chi connectivity index (χ0) is 23.3. The van der Waals surface area contributed by atoms with E-state index in [0.717, 1.165) is 18.7 Å². The normalized spacial score (nSPS) is 28.1. The van der Waals surface area contributed by atoms with Crippen molar-refractivity contribution in [3.8, 4) is 0 Å². The molecule has 3 aromatic rings. The van der Waals surface area contributed by atoms with E-state index in [1.165, 1.54) is 17.2 Å². The summed E-state index contributed by atoms with van der Waals surface area (Å²) in [6.45, 7) is 1.54. The van der Waals surface area contributed by atoms with Gasteiger partial charge in [-0.05, 0) is 31.0 Å². The van der Waals surface area contributed by atoms with Crippen molar-refractivity contribution in [3.05, 3.63) is 41.9 Å². The molecule has 12 heteroatoms. The van der Waals surface area contributed by atoms with E-state index in [1.54, 1.807) is 0 Å². The van der Waals surface area contributed by atoms with E-state index in [1.807, 2.05) is 24.3 Å². The molecule has 3 N–H and O–H groups in total. The molecule has 1 aliphatic heterocycles. The lowest BCUT2D eigenvalue weighted by atomic mass is 10.1. The highest BCUT2D eigenvalue weighted by molar-refractivity contribution is 6.30. The zero-order valence-corrected chi connectivity index (χ0v) is 18.1.